The highest BCUT2D eigenvalue weighted by Gasteiger charge is 2.23. The van der Waals surface area contributed by atoms with Gasteiger partial charge in [0.1, 0.15) is 24.2 Å². The molecule has 6 nitrogen and oxygen atoms in total. The Hall–Kier alpha value is -2.50. The molecule has 0 aliphatic carbocycles. The van der Waals surface area contributed by atoms with Gasteiger partial charge in [-0.1, -0.05) is 39.0 Å². The molecule has 0 bridgehead atoms. The summed E-state index contributed by atoms with van der Waals surface area (Å²) < 4.78 is 12.0. The van der Waals surface area contributed by atoms with Gasteiger partial charge in [0.05, 0.1) is 6.20 Å². The molecule has 0 saturated carbocycles. The van der Waals surface area contributed by atoms with Crippen LogP contribution in [0.1, 0.15) is 52.2 Å². The molecule has 1 N–H and O–H groups in total. The predicted molar refractivity (Wildman–Crippen MR) is 112 cm³/mol. The maximum absolute atomic E-state index is 6.10. The van der Waals surface area contributed by atoms with Crippen molar-refractivity contribution in [3.8, 4) is 5.75 Å². The van der Waals surface area contributed by atoms with Crippen molar-refractivity contribution in [1.29, 1.82) is 0 Å². The Kier molecular flexibility index (Phi) is 6.60. The van der Waals surface area contributed by atoms with Crippen LogP contribution in [0.2, 0.25) is 0 Å². The minimum Gasteiger partial charge on any atom is -0.490 e. The van der Waals surface area contributed by atoms with Crippen LogP contribution in [0.5, 0.6) is 5.75 Å². The van der Waals surface area contributed by atoms with E-state index in [2.05, 4.69) is 42.9 Å². The summed E-state index contributed by atoms with van der Waals surface area (Å²) in [6.07, 6.45) is 4.02. The average molecular weight is 385 g/mol. The molecular formula is C22H32N4O2. The molecule has 28 heavy (non-hydrogen) atoms. The van der Waals surface area contributed by atoms with Crippen LogP contribution in [-0.2, 0) is 12.0 Å². The molecule has 1 saturated heterocycles. The average Bonchev–Trinajstić information content (AvgIpc) is 3.16. The van der Waals surface area contributed by atoms with Crippen LogP contribution < -0.4 is 10.1 Å². The second-order valence-electron chi connectivity index (χ2n) is 8.16. The Balaban J connectivity index is 1.57. The van der Waals surface area contributed by atoms with Crippen molar-refractivity contribution >= 4 is 5.96 Å². The normalized spacial score (nSPS) is 16.3. The third-order valence-corrected chi connectivity index (χ3v) is 4.78. The minimum absolute atomic E-state index is 0.0416. The lowest BCUT2D eigenvalue weighted by atomic mass is 9.94. The van der Waals surface area contributed by atoms with Crippen LogP contribution in [0.25, 0.3) is 0 Å². The van der Waals surface area contributed by atoms with Crippen molar-refractivity contribution in [3.63, 3.8) is 0 Å². The molecule has 1 aliphatic rings. The zero-order valence-corrected chi connectivity index (χ0v) is 17.4. The van der Waals surface area contributed by atoms with Gasteiger partial charge in [-0.05, 0) is 19.1 Å². The van der Waals surface area contributed by atoms with Crippen LogP contribution in [-0.4, -0.2) is 41.6 Å². The van der Waals surface area contributed by atoms with Crippen LogP contribution >= 0.6 is 0 Å². The molecule has 0 radical (unpaired) electrons. The number of benzene rings is 1. The third-order valence-electron chi connectivity index (χ3n) is 4.78. The van der Waals surface area contributed by atoms with Gasteiger partial charge in [0.15, 0.2) is 5.96 Å². The van der Waals surface area contributed by atoms with Crippen molar-refractivity contribution < 1.29 is 9.15 Å². The molecule has 1 aromatic carbocycles. The number of ether oxygens (including phenoxy) is 1. The van der Waals surface area contributed by atoms with Crippen molar-refractivity contribution in [2.75, 3.05) is 19.6 Å². The van der Waals surface area contributed by atoms with Crippen molar-refractivity contribution in [2.45, 2.75) is 58.6 Å². The van der Waals surface area contributed by atoms with Gasteiger partial charge in [-0.25, -0.2) is 9.98 Å². The van der Waals surface area contributed by atoms with Gasteiger partial charge in [0, 0.05) is 37.9 Å². The van der Waals surface area contributed by atoms with E-state index in [1.54, 1.807) is 0 Å². The summed E-state index contributed by atoms with van der Waals surface area (Å²) in [7, 11) is 0. The lowest BCUT2D eigenvalue weighted by Crippen LogP contribution is -2.47. The number of aliphatic imine (C=N–C) groups is 1. The predicted octanol–water partition coefficient (Wildman–Crippen LogP) is 3.98. The molecule has 6 heteroatoms. The van der Waals surface area contributed by atoms with Crippen molar-refractivity contribution in [2.24, 2.45) is 4.99 Å². The number of nitrogens with one attached hydrogen (secondary N) is 1. The van der Waals surface area contributed by atoms with E-state index in [0.29, 0.717) is 12.4 Å². The highest BCUT2D eigenvalue weighted by atomic mass is 16.5. The van der Waals surface area contributed by atoms with Gasteiger partial charge in [-0.15, -0.1) is 0 Å². The third kappa shape index (κ3) is 5.50. The van der Waals surface area contributed by atoms with Gasteiger partial charge in [-0.3, -0.25) is 0 Å². The minimum atomic E-state index is -0.0416. The number of guanidine groups is 1. The summed E-state index contributed by atoms with van der Waals surface area (Å²) in [5.74, 6) is 3.40. The van der Waals surface area contributed by atoms with Gasteiger partial charge in [0.2, 0.25) is 5.89 Å². The lowest BCUT2D eigenvalue weighted by molar-refractivity contribution is 0.129. The maximum Gasteiger partial charge on any atom is 0.216 e. The van der Waals surface area contributed by atoms with E-state index in [-0.39, 0.29) is 11.5 Å². The summed E-state index contributed by atoms with van der Waals surface area (Å²) in [5, 5.41) is 3.39. The fourth-order valence-corrected chi connectivity index (χ4v) is 3.18. The first-order valence-electron chi connectivity index (χ1n) is 10.2. The SMILES string of the molecule is CCNC(=NCc1ncc(C(C)(C)C)o1)N1CCC(Oc2ccccc2)CC1. The summed E-state index contributed by atoms with van der Waals surface area (Å²) in [6, 6.07) is 10.1. The van der Waals surface area contributed by atoms with Gasteiger partial charge in [0.25, 0.3) is 0 Å². The highest BCUT2D eigenvalue weighted by Crippen LogP contribution is 2.23. The Morgan fingerprint density at radius 1 is 1.25 bits per heavy atom. The molecular weight excluding hydrogens is 352 g/mol. The molecule has 0 amide bonds. The van der Waals surface area contributed by atoms with Crippen LogP contribution in [0.4, 0.5) is 0 Å². The Morgan fingerprint density at radius 3 is 2.57 bits per heavy atom. The number of nitrogens with zero attached hydrogens (tertiary/aromatic N) is 3. The quantitative estimate of drug-likeness (QED) is 0.624. The number of aromatic nitrogens is 1. The number of hydrogen-bond acceptors (Lipinski definition) is 4. The van der Waals surface area contributed by atoms with E-state index >= 15 is 0 Å². The standard InChI is InChI=1S/C22H32N4O2/c1-5-23-21(25-16-20-24-15-19(28-20)22(2,3)4)26-13-11-18(12-14-26)27-17-9-7-6-8-10-17/h6-10,15,18H,5,11-14,16H2,1-4H3,(H,23,25). The van der Waals surface area contributed by atoms with E-state index in [0.717, 1.165) is 49.9 Å². The fourth-order valence-electron chi connectivity index (χ4n) is 3.18. The maximum atomic E-state index is 6.10. The van der Waals surface area contributed by atoms with Gasteiger partial charge < -0.3 is 19.4 Å². The number of likely N-dealkylation sites (tertiary alicyclic amines) is 1. The van der Waals surface area contributed by atoms with Gasteiger partial charge >= 0.3 is 0 Å². The smallest absolute Gasteiger partial charge is 0.216 e. The lowest BCUT2D eigenvalue weighted by Gasteiger charge is -2.34. The van der Waals surface area contributed by atoms with E-state index < -0.39 is 0 Å². The first-order chi connectivity index (χ1) is 13.5. The first kappa shape index (κ1) is 20.2. The zero-order valence-electron chi connectivity index (χ0n) is 17.4. The van der Waals surface area contributed by atoms with E-state index in [9.17, 15) is 0 Å². The number of rotatable bonds is 5. The molecule has 1 aromatic heterocycles. The molecule has 1 fully saturated rings. The monoisotopic (exact) mass is 384 g/mol. The number of hydrogen-bond donors (Lipinski definition) is 1. The number of piperidine rings is 1. The number of para-hydroxylation sites is 1. The Labute approximate surface area is 168 Å². The Bertz CT molecular complexity index is 756. The fraction of sp³-hybridized carbons (Fsp3) is 0.545. The molecule has 0 unspecified atom stereocenters. The topological polar surface area (TPSA) is 62.9 Å². The Morgan fingerprint density at radius 2 is 1.96 bits per heavy atom. The molecule has 1 aliphatic heterocycles. The molecule has 3 rings (SSSR count). The summed E-state index contributed by atoms with van der Waals surface area (Å²) >= 11 is 0. The molecule has 2 heterocycles. The molecule has 152 valence electrons. The second-order valence-corrected chi connectivity index (χ2v) is 8.16. The van der Waals surface area contributed by atoms with Crippen LogP contribution in [0.15, 0.2) is 45.9 Å². The number of oxazole rings is 1. The summed E-state index contributed by atoms with van der Waals surface area (Å²) in [4.78, 5) is 11.4. The van der Waals surface area contributed by atoms with Crippen molar-refractivity contribution in [3.05, 3.63) is 48.2 Å². The van der Waals surface area contributed by atoms with Crippen molar-refractivity contribution in [1.82, 2.24) is 15.2 Å². The van der Waals surface area contributed by atoms with E-state index in [1.807, 2.05) is 36.5 Å². The van der Waals surface area contributed by atoms with E-state index in [1.165, 1.54) is 0 Å². The summed E-state index contributed by atoms with van der Waals surface area (Å²) in [6.45, 7) is 11.6. The van der Waals surface area contributed by atoms with Gasteiger partial charge in [-0.2, -0.15) is 0 Å². The highest BCUT2D eigenvalue weighted by molar-refractivity contribution is 5.80. The van der Waals surface area contributed by atoms with E-state index in [4.69, 9.17) is 14.1 Å². The molecule has 0 atom stereocenters. The molecule has 2 aromatic rings. The zero-order chi connectivity index (χ0) is 20.0. The first-order valence-corrected chi connectivity index (χ1v) is 10.2. The largest absolute Gasteiger partial charge is 0.490 e. The van der Waals surface area contributed by atoms with Crippen LogP contribution in [0, 0.1) is 0 Å². The summed E-state index contributed by atoms with van der Waals surface area (Å²) in [5.41, 5.74) is -0.0416. The molecule has 0 spiro atoms. The van der Waals surface area contributed by atoms with Crippen LogP contribution in [0.3, 0.4) is 0 Å². The second kappa shape index (κ2) is 9.13.